The SMILES string of the molecule is CC(C)SCc1cccc(NC(=O)NC(C)c2ncn[nH]2)c1. The second kappa shape index (κ2) is 7.84. The number of urea groups is 1. The second-order valence-electron chi connectivity index (χ2n) is 5.25. The number of aromatic nitrogens is 3. The Morgan fingerprint density at radius 3 is 2.86 bits per heavy atom. The summed E-state index contributed by atoms with van der Waals surface area (Å²) in [6, 6.07) is 7.39. The van der Waals surface area contributed by atoms with Crippen LogP contribution in [-0.4, -0.2) is 26.5 Å². The highest BCUT2D eigenvalue weighted by atomic mass is 32.2. The van der Waals surface area contributed by atoms with E-state index in [4.69, 9.17) is 0 Å². The van der Waals surface area contributed by atoms with Crippen molar-refractivity contribution in [1.29, 1.82) is 0 Å². The van der Waals surface area contributed by atoms with E-state index in [1.165, 1.54) is 11.9 Å². The fraction of sp³-hybridized carbons (Fsp3) is 0.400. The van der Waals surface area contributed by atoms with E-state index in [1.54, 1.807) is 0 Å². The third kappa shape index (κ3) is 5.07. The van der Waals surface area contributed by atoms with E-state index in [2.05, 4.69) is 45.7 Å². The minimum Gasteiger partial charge on any atom is -0.328 e. The molecule has 0 bridgehead atoms. The molecule has 2 amide bonds. The third-order valence-electron chi connectivity index (χ3n) is 2.96. The van der Waals surface area contributed by atoms with Crippen LogP contribution in [0.2, 0.25) is 0 Å². The maximum absolute atomic E-state index is 12.0. The quantitative estimate of drug-likeness (QED) is 0.762. The standard InChI is InChI=1S/C15H21N5OS/c1-10(2)22-8-12-5-4-6-13(7-12)19-15(21)18-11(3)14-16-9-17-20-14/h4-7,9-11H,8H2,1-3H3,(H,16,17,20)(H2,18,19,21). The van der Waals surface area contributed by atoms with Gasteiger partial charge in [0.15, 0.2) is 0 Å². The molecular formula is C15H21N5OS. The van der Waals surface area contributed by atoms with Gasteiger partial charge in [-0.05, 0) is 29.9 Å². The topological polar surface area (TPSA) is 82.7 Å². The van der Waals surface area contributed by atoms with Crippen LogP contribution in [0, 0.1) is 0 Å². The fourth-order valence-corrected chi connectivity index (χ4v) is 2.56. The van der Waals surface area contributed by atoms with E-state index in [0.717, 1.165) is 11.4 Å². The van der Waals surface area contributed by atoms with Crippen LogP contribution in [0.5, 0.6) is 0 Å². The maximum Gasteiger partial charge on any atom is 0.319 e. The molecule has 1 aromatic heterocycles. The van der Waals surface area contributed by atoms with Crippen LogP contribution in [0.4, 0.5) is 10.5 Å². The van der Waals surface area contributed by atoms with Crippen molar-refractivity contribution in [2.75, 3.05) is 5.32 Å². The Morgan fingerprint density at radius 2 is 2.18 bits per heavy atom. The third-order valence-corrected chi connectivity index (χ3v) is 4.13. The van der Waals surface area contributed by atoms with E-state index in [9.17, 15) is 4.79 Å². The van der Waals surface area contributed by atoms with Gasteiger partial charge in [-0.3, -0.25) is 5.10 Å². The lowest BCUT2D eigenvalue weighted by Crippen LogP contribution is -2.31. The highest BCUT2D eigenvalue weighted by Gasteiger charge is 2.11. The molecule has 2 rings (SSSR count). The number of nitrogens with zero attached hydrogens (tertiary/aromatic N) is 2. The Hall–Kier alpha value is -2.02. The van der Waals surface area contributed by atoms with Crippen molar-refractivity contribution in [3.63, 3.8) is 0 Å². The largest absolute Gasteiger partial charge is 0.328 e. The number of rotatable bonds is 6. The molecule has 1 atom stereocenters. The zero-order chi connectivity index (χ0) is 15.9. The number of aromatic amines is 1. The van der Waals surface area contributed by atoms with Crippen molar-refractivity contribution >= 4 is 23.5 Å². The second-order valence-corrected chi connectivity index (χ2v) is 6.82. The van der Waals surface area contributed by atoms with Crippen LogP contribution >= 0.6 is 11.8 Å². The summed E-state index contributed by atoms with van der Waals surface area (Å²) in [7, 11) is 0. The predicted octanol–water partition coefficient (Wildman–Crippen LogP) is 3.33. The van der Waals surface area contributed by atoms with Crippen LogP contribution in [-0.2, 0) is 5.75 Å². The first-order valence-corrected chi connectivity index (χ1v) is 8.23. The van der Waals surface area contributed by atoms with Crippen LogP contribution in [0.25, 0.3) is 0 Å². The summed E-state index contributed by atoms with van der Waals surface area (Å²) in [5, 5.41) is 12.7. The lowest BCUT2D eigenvalue weighted by atomic mass is 10.2. The summed E-state index contributed by atoms with van der Waals surface area (Å²) in [5.74, 6) is 1.56. The summed E-state index contributed by atoms with van der Waals surface area (Å²) in [6.45, 7) is 6.19. The molecule has 0 saturated carbocycles. The van der Waals surface area contributed by atoms with Crippen molar-refractivity contribution in [2.24, 2.45) is 0 Å². The first-order chi connectivity index (χ1) is 10.5. The molecule has 7 heteroatoms. The average Bonchev–Trinajstić information content (AvgIpc) is 2.99. The summed E-state index contributed by atoms with van der Waals surface area (Å²) in [6.07, 6.45) is 1.42. The first-order valence-electron chi connectivity index (χ1n) is 7.18. The number of carbonyl (C=O) groups is 1. The van der Waals surface area contributed by atoms with Crippen molar-refractivity contribution < 1.29 is 4.79 Å². The van der Waals surface area contributed by atoms with Gasteiger partial charge >= 0.3 is 6.03 Å². The molecule has 22 heavy (non-hydrogen) atoms. The lowest BCUT2D eigenvalue weighted by molar-refractivity contribution is 0.249. The van der Waals surface area contributed by atoms with Gasteiger partial charge in [-0.2, -0.15) is 16.9 Å². The fourth-order valence-electron chi connectivity index (χ4n) is 1.86. The Labute approximate surface area is 134 Å². The number of benzene rings is 1. The molecule has 0 fully saturated rings. The number of H-pyrrole nitrogens is 1. The molecule has 0 aliphatic heterocycles. The van der Waals surface area contributed by atoms with Crippen LogP contribution in [0.1, 0.15) is 38.2 Å². The minimum atomic E-state index is -0.266. The van der Waals surface area contributed by atoms with E-state index in [0.29, 0.717) is 11.1 Å². The highest BCUT2D eigenvalue weighted by Crippen LogP contribution is 2.19. The molecule has 3 N–H and O–H groups in total. The van der Waals surface area contributed by atoms with Gasteiger partial charge in [0.25, 0.3) is 0 Å². The first kappa shape index (κ1) is 16.4. The molecule has 118 valence electrons. The average molecular weight is 319 g/mol. The minimum absolute atomic E-state index is 0.234. The zero-order valence-electron chi connectivity index (χ0n) is 13.0. The smallest absolute Gasteiger partial charge is 0.319 e. The van der Waals surface area contributed by atoms with Crippen LogP contribution in [0.3, 0.4) is 0 Å². The number of anilines is 1. The summed E-state index contributed by atoms with van der Waals surface area (Å²) >= 11 is 1.87. The Bertz CT molecular complexity index is 600. The molecule has 0 spiro atoms. The number of nitrogens with one attached hydrogen (secondary N) is 3. The zero-order valence-corrected chi connectivity index (χ0v) is 13.8. The van der Waals surface area contributed by atoms with Crippen molar-refractivity contribution in [3.8, 4) is 0 Å². The van der Waals surface area contributed by atoms with E-state index >= 15 is 0 Å². The number of carbonyl (C=O) groups excluding carboxylic acids is 1. The number of amides is 2. The van der Waals surface area contributed by atoms with Gasteiger partial charge < -0.3 is 10.6 Å². The number of hydrogen-bond donors (Lipinski definition) is 3. The molecule has 0 aliphatic carbocycles. The Morgan fingerprint density at radius 1 is 1.36 bits per heavy atom. The van der Waals surface area contributed by atoms with Crippen LogP contribution in [0.15, 0.2) is 30.6 Å². The summed E-state index contributed by atoms with van der Waals surface area (Å²) < 4.78 is 0. The molecule has 1 heterocycles. The van der Waals surface area contributed by atoms with Gasteiger partial charge in [-0.25, -0.2) is 9.78 Å². The lowest BCUT2D eigenvalue weighted by Gasteiger charge is -2.13. The molecule has 1 unspecified atom stereocenters. The normalized spacial score (nSPS) is 12.2. The summed E-state index contributed by atoms with van der Waals surface area (Å²) in [5.41, 5.74) is 1.98. The predicted molar refractivity (Wildman–Crippen MR) is 89.8 cm³/mol. The molecule has 2 aromatic rings. The molecule has 0 saturated heterocycles. The maximum atomic E-state index is 12.0. The van der Waals surface area contributed by atoms with Gasteiger partial charge in [0, 0.05) is 11.4 Å². The number of thioether (sulfide) groups is 1. The monoisotopic (exact) mass is 319 g/mol. The van der Waals surface area contributed by atoms with Gasteiger partial charge in [0.05, 0.1) is 6.04 Å². The molecule has 0 aliphatic rings. The highest BCUT2D eigenvalue weighted by molar-refractivity contribution is 7.99. The van der Waals surface area contributed by atoms with Gasteiger partial charge in [0.2, 0.25) is 0 Å². The van der Waals surface area contributed by atoms with Gasteiger partial charge in [-0.1, -0.05) is 26.0 Å². The number of hydrogen-bond acceptors (Lipinski definition) is 4. The Balaban J connectivity index is 1.89. The molecule has 0 radical (unpaired) electrons. The van der Waals surface area contributed by atoms with Crippen molar-refractivity contribution in [3.05, 3.63) is 42.0 Å². The molecular weight excluding hydrogens is 298 g/mol. The van der Waals surface area contributed by atoms with E-state index in [1.807, 2.05) is 36.9 Å². The molecule has 1 aromatic carbocycles. The van der Waals surface area contributed by atoms with Gasteiger partial charge in [-0.15, -0.1) is 0 Å². The van der Waals surface area contributed by atoms with Crippen molar-refractivity contribution in [2.45, 2.75) is 37.8 Å². The molecule has 6 nitrogen and oxygen atoms in total. The van der Waals surface area contributed by atoms with E-state index < -0.39 is 0 Å². The van der Waals surface area contributed by atoms with E-state index in [-0.39, 0.29) is 12.1 Å². The summed E-state index contributed by atoms with van der Waals surface area (Å²) in [4.78, 5) is 16.0. The van der Waals surface area contributed by atoms with Gasteiger partial charge in [0.1, 0.15) is 12.2 Å². The Kier molecular flexibility index (Phi) is 5.83. The van der Waals surface area contributed by atoms with Crippen molar-refractivity contribution in [1.82, 2.24) is 20.5 Å². The van der Waals surface area contributed by atoms with Crippen LogP contribution < -0.4 is 10.6 Å².